The Balaban J connectivity index is 1.77. The minimum Gasteiger partial charge on any atom is -0.288 e. The maximum atomic E-state index is 9.16. The van der Waals surface area contributed by atoms with Gasteiger partial charge in [0.05, 0.1) is 17.8 Å². The Hall–Kier alpha value is -1.37. The normalized spacial score (nSPS) is 24.7. The number of hydrogen-bond donors (Lipinski definition) is 0. The van der Waals surface area contributed by atoms with E-state index in [-0.39, 0.29) is 0 Å². The second-order valence-corrected chi connectivity index (χ2v) is 5.25. The average molecular weight is 241 g/mol. The lowest BCUT2D eigenvalue weighted by Gasteiger charge is -2.40. The lowest BCUT2D eigenvalue weighted by Crippen LogP contribution is -2.49. The molecule has 0 saturated carbocycles. The van der Waals surface area contributed by atoms with Gasteiger partial charge in [-0.05, 0) is 37.4 Å². The van der Waals surface area contributed by atoms with Gasteiger partial charge in [-0.15, -0.1) is 0 Å². The van der Waals surface area contributed by atoms with Crippen LogP contribution >= 0.6 is 0 Å². The van der Waals surface area contributed by atoms with Crippen LogP contribution in [0, 0.1) is 11.3 Å². The molecule has 94 valence electrons. The summed E-state index contributed by atoms with van der Waals surface area (Å²) in [6.45, 7) is 4.59. The van der Waals surface area contributed by atoms with Gasteiger partial charge in [0.15, 0.2) is 0 Å². The molecule has 0 radical (unpaired) electrons. The average Bonchev–Trinajstić information content (AvgIpc) is 2.89. The van der Waals surface area contributed by atoms with E-state index in [1.807, 2.05) is 18.2 Å². The van der Waals surface area contributed by atoms with Crippen molar-refractivity contribution >= 4 is 0 Å². The summed E-state index contributed by atoms with van der Waals surface area (Å²) in [5.74, 6) is 0. The van der Waals surface area contributed by atoms with E-state index in [0.717, 1.165) is 12.1 Å². The van der Waals surface area contributed by atoms with Crippen molar-refractivity contribution in [3.63, 3.8) is 0 Å². The molecule has 3 nitrogen and oxygen atoms in total. The molecule has 0 amide bonds. The predicted molar refractivity (Wildman–Crippen MR) is 70.8 cm³/mol. The van der Waals surface area contributed by atoms with Crippen molar-refractivity contribution in [3.8, 4) is 6.07 Å². The fraction of sp³-hybridized carbons (Fsp3) is 0.533. The molecule has 1 unspecified atom stereocenters. The number of nitriles is 1. The third-order valence-corrected chi connectivity index (χ3v) is 4.15. The van der Waals surface area contributed by atoms with Crippen LogP contribution in [0.15, 0.2) is 24.3 Å². The fourth-order valence-electron chi connectivity index (χ4n) is 3.28. The third-order valence-electron chi connectivity index (χ3n) is 4.15. The molecular formula is C15H19N3. The SMILES string of the molecule is N#Cc1ccccc1CN1CCCN2CCCC21. The highest BCUT2D eigenvalue weighted by atomic mass is 15.4. The van der Waals surface area contributed by atoms with Crippen molar-refractivity contribution in [2.45, 2.75) is 32.0 Å². The summed E-state index contributed by atoms with van der Waals surface area (Å²) in [5.41, 5.74) is 2.00. The fourth-order valence-corrected chi connectivity index (χ4v) is 3.28. The van der Waals surface area contributed by atoms with Crippen LogP contribution in [0.3, 0.4) is 0 Å². The van der Waals surface area contributed by atoms with Gasteiger partial charge in [-0.25, -0.2) is 0 Å². The molecule has 0 aliphatic carbocycles. The smallest absolute Gasteiger partial charge is 0.0995 e. The Labute approximate surface area is 109 Å². The van der Waals surface area contributed by atoms with Gasteiger partial charge >= 0.3 is 0 Å². The predicted octanol–water partition coefficient (Wildman–Crippen LogP) is 2.19. The second kappa shape index (κ2) is 5.09. The van der Waals surface area contributed by atoms with Crippen LogP contribution in [0.1, 0.15) is 30.4 Å². The molecule has 2 aliphatic heterocycles. The summed E-state index contributed by atoms with van der Waals surface area (Å²) < 4.78 is 0. The van der Waals surface area contributed by atoms with Gasteiger partial charge in [0.25, 0.3) is 0 Å². The first kappa shape index (κ1) is 11.7. The number of benzene rings is 1. The van der Waals surface area contributed by atoms with E-state index < -0.39 is 0 Å². The molecule has 3 heteroatoms. The Morgan fingerprint density at radius 3 is 2.89 bits per heavy atom. The topological polar surface area (TPSA) is 30.3 Å². The zero-order valence-corrected chi connectivity index (χ0v) is 10.7. The Morgan fingerprint density at radius 1 is 1.17 bits per heavy atom. The standard InChI is InChI=1S/C15H19N3/c16-11-13-5-1-2-6-14(13)12-18-10-4-9-17-8-3-7-15(17)18/h1-2,5-6,15H,3-4,7-10,12H2. The Bertz CT molecular complexity index is 463. The summed E-state index contributed by atoms with van der Waals surface area (Å²) in [7, 11) is 0. The first-order valence-electron chi connectivity index (χ1n) is 6.84. The molecule has 2 saturated heterocycles. The summed E-state index contributed by atoms with van der Waals surface area (Å²) in [4.78, 5) is 5.14. The first-order chi connectivity index (χ1) is 8.88. The molecule has 18 heavy (non-hydrogen) atoms. The van der Waals surface area contributed by atoms with Gasteiger partial charge in [0.2, 0.25) is 0 Å². The number of fused-ring (bicyclic) bond motifs is 1. The largest absolute Gasteiger partial charge is 0.288 e. The van der Waals surface area contributed by atoms with Gasteiger partial charge in [0.1, 0.15) is 0 Å². The maximum absolute atomic E-state index is 9.16. The summed E-state index contributed by atoms with van der Waals surface area (Å²) in [6, 6.07) is 10.3. The molecule has 3 rings (SSSR count). The van der Waals surface area contributed by atoms with E-state index in [1.165, 1.54) is 44.5 Å². The van der Waals surface area contributed by atoms with Crippen LogP contribution in [-0.2, 0) is 6.54 Å². The summed E-state index contributed by atoms with van der Waals surface area (Å²) in [5, 5.41) is 9.16. The summed E-state index contributed by atoms with van der Waals surface area (Å²) in [6.07, 6.45) is 4.48. The van der Waals surface area contributed by atoms with Crippen LogP contribution in [0.2, 0.25) is 0 Å². The molecule has 2 fully saturated rings. The quantitative estimate of drug-likeness (QED) is 0.795. The highest BCUT2D eigenvalue weighted by molar-refractivity contribution is 5.37. The lowest BCUT2D eigenvalue weighted by molar-refractivity contribution is 0.0286. The van der Waals surface area contributed by atoms with Crippen LogP contribution in [0.4, 0.5) is 0 Å². The third kappa shape index (κ3) is 2.14. The van der Waals surface area contributed by atoms with E-state index in [1.54, 1.807) is 0 Å². The first-order valence-corrected chi connectivity index (χ1v) is 6.84. The second-order valence-electron chi connectivity index (χ2n) is 5.25. The van der Waals surface area contributed by atoms with E-state index in [2.05, 4.69) is 21.9 Å². The molecule has 2 heterocycles. The van der Waals surface area contributed by atoms with Crippen molar-refractivity contribution in [1.82, 2.24) is 9.80 Å². The monoisotopic (exact) mass is 241 g/mol. The van der Waals surface area contributed by atoms with Crippen molar-refractivity contribution in [1.29, 1.82) is 5.26 Å². The molecule has 2 aliphatic rings. The molecule has 1 atom stereocenters. The van der Waals surface area contributed by atoms with Crippen molar-refractivity contribution in [3.05, 3.63) is 35.4 Å². The Morgan fingerprint density at radius 2 is 2.00 bits per heavy atom. The molecular weight excluding hydrogens is 222 g/mol. The maximum Gasteiger partial charge on any atom is 0.0995 e. The molecule has 1 aromatic rings. The van der Waals surface area contributed by atoms with Crippen LogP contribution in [0.5, 0.6) is 0 Å². The number of rotatable bonds is 2. The van der Waals surface area contributed by atoms with Crippen molar-refractivity contribution < 1.29 is 0 Å². The minimum atomic E-state index is 0.616. The lowest BCUT2D eigenvalue weighted by atomic mass is 10.1. The van der Waals surface area contributed by atoms with Crippen LogP contribution in [0.25, 0.3) is 0 Å². The van der Waals surface area contributed by atoms with Gasteiger partial charge in [-0.3, -0.25) is 9.80 Å². The summed E-state index contributed by atoms with van der Waals surface area (Å²) >= 11 is 0. The number of hydrogen-bond acceptors (Lipinski definition) is 3. The zero-order valence-electron chi connectivity index (χ0n) is 10.7. The molecule has 0 N–H and O–H groups in total. The van der Waals surface area contributed by atoms with E-state index >= 15 is 0 Å². The molecule has 0 spiro atoms. The molecule has 0 bridgehead atoms. The van der Waals surface area contributed by atoms with E-state index in [4.69, 9.17) is 5.26 Å². The highest BCUT2D eigenvalue weighted by Crippen LogP contribution is 2.26. The van der Waals surface area contributed by atoms with Crippen molar-refractivity contribution in [2.24, 2.45) is 0 Å². The number of nitrogens with zero attached hydrogens (tertiary/aromatic N) is 3. The van der Waals surface area contributed by atoms with E-state index in [0.29, 0.717) is 6.17 Å². The zero-order chi connectivity index (χ0) is 12.4. The highest BCUT2D eigenvalue weighted by Gasteiger charge is 2.32. The molecule has 0 aromatic heterocycles. The van der Waals surface area contributed by atoms with E-state index in [9.17, 15) is 0 Å². The van der Waals surface area contributed by atoms with Crippen LogP contribution in [-0.4, -0.2) is 35.6 Å². The minimum absolute atomic E-state index is 0.616. The van der Waals surface area contributed by atoms with Crippen molar-refractivity contribution in [2.75, 3.05) is 19.6 Å². The van der Waals surface area contributed by atoms with Gasteiger partial charge in [-0.2, -0.15) is 5.26 Å². The molecule has 1 aromatic carbocycles. The van der Waals surface area contributed by atoms with Gasteiger partial charge in [0, 0.05) is 19.6 Å². The Kier molecular flexibility index (Phi) is 3.31. The van der Waals surface area contributed by atoms with Gasteiger partial charge in [-0.1, -0.05) is 18.2 Å². The van der Waals surface area contributed by atoms with Crippen LogP contribution < -0.4 is 0 Å². The van der Waals surface area contributed by atoms with Gasteiger partial charge < -0.3 is 0 Å².